The van der Waals surface area contributed by atoms with E-state index in [2.05, 4.69) is 0 Å². The SMILES string of the molecule is Oc1cc(CCCOc2ccc(OCCCc3cc(O)cc(OCc4ccccc4)c3)cc2)cc(OCc2ccccc2)c1. The molecule has 0 bridgehead atoms. The van der Waals surface area contributed by atoms with Crippen LogP contribution in [-0.4, -0.2) is 23.4 Å². The molecular formula is C38H38O6. The van der Waals surface area contributed by atoms with Gasteiger partial charge in [-0.2, -0.15) is 0 Å². The van der Waals surface area contributed by atoms with E-state index >= 15 is 0 Å². The third kappa shape index (κ3) is 10.0. The van der Waals surface area contributed by atoms with E-state index in [1.54, 1.807) is 24.3 Å². The largest absolute Gasteiger partial charge is 0.508 e. The topological polar surface area (TPSA) is 77.4 Å². The highest BCUT2D eigenvalue weighted by Gasteiger charge is 2.05. The second-order valence-electron chi connectivity index (χ2n) is 10.6. The zero-order valence-electron chi connectivity index (χ0n) is 24.7. The summed E-state index contributed by atoms with van der Waals surface area (Å²) in [6.45, 7) is 2.01. The van der Waals surface area contributed by atoms with Gasteiger partial charge >= 0.3 is 0 Å². The van der Waals surface area contributed by atoms with E-state index in [0.29, 0.717) is 37.9 Å². The fraction of sp³-hybridized carbons (Fsp3) is 0.211. The molecule has 0 saturated heterocycles. The van der Waals surface area contributed by atoms with Crippen LogP contribution in [0.2, 0.25) is 0 Å². The minimum atomic E-state index is 0.196. The van der Waals surface area contributed by atoms with Gasteiger partial charge in [-0.05, 0) is 96.5 Å². The Morgan fingerprint density at radius 2 is 0.795 bits per heavy atom. The number of aryl methyl sites for hydroxylation is 2. The summed E-state index contributed by atoms with van der Waals surface area (Å²) < 4.78 is 23.6. The summed E-state index contributed by atoms with van der Waals surface area (Å²) in [4.78, 5) is 0. The molecule has 0 atom stereocenters. The molecule has 0 spiro atoms. The van der Waals surface area contributed by atoms with E-state index in [1.807, 2.05) is 97.1 Å². The van der Waals surface area contributed by atoms with Crippen LogP contribution < -0.4 is 18.9 Å². The predicted molar refractivity (Wildman–Crippen MR) is 172 cm³/mol. The third-order valence-electron chi connectivity index (χ3n) is 6.98. The summed E-state index contributed by atoms with van der Waals surface area (Å²) in [5, 5.41) is 20.3. The summed E-state index contributed by atoms with van der Waals surface area (Å²) in [5.41, 5.74) is 4.16. The number of phenols is 2. The quantitative estimate of drug-likeness (QED) is 0.113. The van der Waals surface area contributed by atoms with Crippen molar-refractivity contribution in [3.63, 3.8) is 0 Å². The minimum Gasteiger partial charge on any atom is -0.508 e. The van der Waals surface area contributed by atoms with Crippen LogP contribution in [0.15, 0.2) is 121 Å². The summed E-state index contributed by atoms with van der Waals surface area (Å²) in [6, 6.07) is 38.3. The van der Waals surface area contributed by atoms with Crippen molar-refractivity contribution in [2.24, 2.45) is 0 Å². The molecule has 5 aromatic rings. The van der Waals surface area contributed by atoms with Gasteiger partial charge in [0.25, 0.3) is 0 Å². The molecule has 6 heteroatoms. The van der Waals surface area contributed by atoms with E-state index in [0.717, 1.165) is 59.4 Å². The van der Waals surface area contributed by atoms with Crippen molar-refractivity contribution in [3.8, 4) is 34.5 Å². The van der Waals surface area contributed by atoms with Crippen LogP contribution in [0.25, 0.3) is 0 Å². The maximum atomic E-state index is 10.1. The molecule has 2 N–H and O–H groups in total. The van der Waals surface area contributed by atoms with Gasteiger partial charge in [0, 0.05) is 12.1 Å². The van der Waals surface area contributed by atoms with Gasteiger partial charge in [-0.15, -0.1) is 0 Å². The average Bonchev–Trinajstić information content (AvgIpc) is 3.04. The predicted octanol–water partition coefficient (Wildman–Crippen LogP) is 8.28. The Labute approximate surface area is 259 Å². The lowest BCUT2D eigenvalue weighted by Gasteiger charge is -2.11. The highest BCUT2D eigenvalue weighted by molar-refractivity contribution is 5.39. The summed E-state index contributed by atoms with van der Waals surface area (Å²) >= 11 is 0. The van der Waals surface area contributed by atoms with Gasteiger partial charge in [0.1, 0.15) is 47.7 Å². The summed E-state index contributed by atoms with van der Waals surface area (Å²) in [7, 11) is 0. The molecule has 5 aromatic carbocycles. The van der Waals surface area contributed by atoms with Crippen molar-refractivity contribution in [1.82, 2.24) is 0 Å². The molecule has 0 radical (unpaired) electrons. The van der Waals surface area contributed by atoms with Crippen LogP contribution in [0.3, 0.4) is 0 Å². The molecule has 0 aromatic heterocycles. The molecule has 0 aliphatic rings. The first-order valence-electron chi connectivity index (χ1n) is 14.9. The van der Waals surface area contributed by atoms with Crippen molar-refractivity contribution in [2.75, 3.05) is 13.2 Å². The number of rotatable bonds is 16. The Morgan fingerprint density at radius 3 is 1.20 bits per heavy atom. The van der Waals surface area contributed by atoms with Gasteiger partial charge in [0.15, 0.2) is 0 Å². The van der Waals surface area contributed by atoms with E-state index in [-0.39, 0.29) is 11.5 Å². The number of phenolic OH excluding ortho intramolecular Hbond substituents is 2. The van der Waals surface area contributed by atoms with Crippen LogP contribution >= 0.6 is 0 Å². The van der Waals surface area contributed by atoms with Crippen molar-refractivity contribution in [1.29, 1.82) is 0 Å². The number of ether oxygens (including phenoxy) is 4. The molecule has 0 amide bonds. The second-order valence-corrected chi connectivity index (χ2v) is 10.6. The van der Waals surface area contributed by atoms with E-state index in [9.17, 15) is 10.2 Å². The van der Waals surface area contributed by atoms with Crippen molar-refractivity contribution in [2.45, 2.75) is 38.9 Å². The zero-order chi connectivity index (χ0) is 30.4. The van der Waals surface area contributed by atoms with Crippen molar-refractivity contribution in [3.05, 3.63) is 144 Å². The molecule has 0 unspecified atom stereocenters. The fourth-order valence-corrected chi connectivity index (χ4v) is 4.79. The molecule has 0 heterocycles. The lowest BCUT2D eigenvalue weighted by Crippen LogP contribution is -2.01. The molecule has 226 valence electrons. The minimum absolute atomic E-state index is 0.196. The lowest BCUT2D eigenvalue weighted by molar-refractivity contribution is 0.299. The maximum Gasteiger partial charge on any atom is 0.123 e. The van der Waals surface area contributed by atoms with Gasteiger partial charge in [0.2, 0.25) is 0 Å². The van der Waals surface area contributed by atoms with Crippen LogP contribution in [0, 0.1) is 0 Å². The van der Waals surface area contributed by atoms with Crippen molar-refractivity contribution < 1.29 is 29.2 Å². The lowest BCUT2D eigenvalue weighted by atomic mass is 10.1. The molecular weight excluding hydrogens is 552 g/mol. The van der Waals surface area contributed by atoms with Crippen LogP contribution in [0.5, 0.6) is 34.5 Å². The van der Waals surface area contributed by atoms with Gasteiger partial charge in [0.05, 0.1) is 13.2 Å². The Morgan fingerprint density at radius 1 is 0.386 bits per heavy atom. The van der Waals surface area contributed by atoms with Crippen LogP contribution in [0.4, 0.5) is 0 Å². The Hall–Kier alpha value is -5.10. The highest BCUT2D eigenvalue weighted by Crippen LogP contribution is 2.25. The molecule has 0 saturated carbocycles. The fourth-order valence-electron chi connectivity index (χ4n) is 4.79. The Kier molecular flexibility index (Phi) is 11.0. The first kappa shape index (κ1) is 30.4. The number of benzene rings is 5. The molecule has 5 rings (SSSR count). The molecule has 44 heavy (non-hydrogen) atoms. The summed E-state index contributed by atoms with van der Waals surface area (Å²) in [5.74, 6) is 3.26. The zero-order valence-corrected chi connectivity index (χ0v) is 24.7. The number of hydrogen-bond acceptors (Lipinski definition) is 6. The van der Waals surface area contributed by atoms with E-state index in [4.69, 9.17) is 18.9 Å². The van der Waals surface area contributed by atoms with Crippen molar-refractivity contribution >= 4 is 0 Å². The highest BCUT2D eigenvalue weighted by atomic mass is 16.5. The Balaban J connectivity index is 0.993. The van der Waals surface area contributed by atoms with Crippen LogP contribution in [-0.2, 0) is 26.1 Å². The standard InChI is InChI=1S/C38H38O6/c39-33-21-31(23-37(25-33)43-27-29-9-3-1-4-10-29)13-7-19-41-35-15-17-36(18-16-35)42-20-8-14-32-22-34(40)26-38(24-32)44-28-30-11-5-2-6-12-30/h1-6,9-12,15-18,21-26,39-40H,7-8,13-14,19-20,27-28H2. The van der Waals surface area contributed by atoms with E-state index in [1.165, 1.54) is 0 Å². The maximum absolute atomic E-state index is 10.1. The molecule has 6 nitrogen and oxygen atoms in total. The first-order chi connectivity index (χ1) is 21.6. The first-order valence-corrected chi connectivity index (χ1v) is 14.9. The monoisotopic (exact) mass is 590 g/mol. The third-order valence-corrected chi connectivity index (χ3v) is 6.98. The van der Waals surface area contributed by atoms with Gasteiger partial charge in [-0.3, -0.25) is 0 Å². The van der Waals surface area contributed by atoms with Gasteiger partial charge in [-0.1, -0.05) is 60.7 Å². The molecule has 0 fully saturated rings. The van der Waals surface area contributed by atoms with Gasteiger partial charge in [-0.25, -0.2) is 0 Å². The second kappa shape index (κ2) is 15.9. The van der Waals surface area contributed by atoms with Crippen LogP contribution in [0.1, 0.15) is 35.1 Å². The molecule has 0 aliphatic heterocycles. The number of aromatic hydroxyl groups is 2. The average molecular weight is 591 g/mol. The van der Waals surface area contributed by atoms with Gasteiger partial charge < -0.3 is 29.2 Å². The summed E-state index contributed by atoms with van der Waals surface area (Å²) in [6.07, 6.45) is 3.12. The normalized spacial score (nSPS) is 10.7. The molecule has 0 aliphatic carbocycles. The smallest absolute Gasteiger partial charge is 0.123 e. The Bertz CT molecular complexity index is 1450. The number of hydrogen-bond donors (Lipinski definition) is 2. The van der Waals surface area contributed by atoms with E-state index < -0.39 is 0 Å².